The van der Waals surface area contributed by atoms with Crippen LogP contribution in [-0.4, -0.2) is 38.6 Å². The molecule has 0 aliphatic carbocycles. The molecule has 1 amide bonds. The monoisotopic (exact) mass is 474 g/mol. The minimum absolute atomic E-state index is 0. The molecule has 1 rings (SSSR count). The van der Waals surface area contributed by atoms with E-state index < -0.39 is 5.41 Å². The van der Waals surface area contributed by atoms with Crippen LogP contribution in [0.3, 0.4) is 0 Å². The quantitative estimate of drug-likeness (QED) is 0.223. The third-order valence-electron chi connectivity index (χ3n) is 3.65. The number of aliphatic imine (C=N–C) groups is 1. The SMILES string of the molecule is C=CCOc1ccccc1CNC(=NC)NCC(C)(C)C(=O)NCC.I. The Balaban J connectivity index is 0.00000625. The summed E-state index contributed by atoms with van der Waals surface area (Å²) in [4.78, 5) is 16.3. The van der Waals surface area contributed by atoms with Gasteiger partial charge in [-0.3, -0.25) is 9.79 Å². The summed E-state index contributed by atoms with van der Waals surface area (Å²) in [5.74, 6) is 1.46. The van der Waals surface area contributed by atoms with Gasteiger partial charge in [-0.2, -0.15) is 0 Å². The van der Waals surface area contributed by atoms with Gasteiger partial charge in [-0.15, -0.1) is 24.0 Å². The van der Waals surface area contributed by atoms with E-state index in [1.807, 2.05) is 45.0 Å². The molecule has 7 heteroatoms. The van der Waals surface area contributed by atoms with Crippen molar-refractivity contribution >= 4 is 35.8 Å². The fourth-order valence-corrected chi connectivity index (χ4v) is 2.12. The van der Waals surface area contributed by atoms with Crippen molar-refractivity contribution in [3.8, 4) is 5.75 Å². The van der Waals surface area contributed by atoms with Crippen LogP contribution in [-0.2, 0) is 11.3 Å². The molecule has 26 heavy (non-hydrogen) atoms. The Morgan fingerprint density at radius 3 is 2.58 bits per heavy atom. The number of guanidine groups is 1. The molecule has 0 heterocycles. The Morgan fingerprint density at radius 1 is 1.27 bits per heavy atom. The molecule has 0 saturated carbocycles. The Labute approximate surface area is 173 Å². The van der Waals surface area contributed by atoms with Crippen LogP contribution >= 0.6 is 24.0 Å². The maximum atomic E-state index is 12.1. The van der Waals surface area contributed by atoms with Crippen LogP contribution in [0.4, 0.5) is 0 Å². The van der Waals surface area contributed by atoms with Gasteiger partial charge in [0.25, 0.3) is 0 Å². The average molecular weight is 474 g/mol. The summed E-state index contributed by atoms with van der Waals surface area (Å²) in [7, 11) is 1.70. The van der Waals surface area contributed by atoms with Gasteiger partial charge >= 0.3 is 0 Å². The molecule has 1 aromatic rings. The van der Waals surface area contributed by atoms with Crippen LogP contribution in [0, 0.1) is 5.41 Å². The smallest absolute Gasteiger partial charge is 0.227 e. The van der Waals surface area contributed by atoms with Crippen LogP contribution in [0.25, 0.3) is 0 Å². The zero-order valence-electron chi connectivity index (χ0n) is 16.1. The lowest BCUT2D eigenvalue weighted by molar-refractivity contribution is -0.128. The van der Waals surface area contributed by atoms with Crippen molar-refractivity contribution in [2.24, 2.45) is 10.4 Å². The first-order valence-corrected chi connectivity index (χ1v) is 8.49. The molecule has 1 aromatic carbocycles. The van der Waals surface area contributed by atoms with E-state index in [-0.39, 0.29) is 29.9 Å². The highest BCUT2D eigenvalue weighted by atomic mass is 127. The number of amides is 1. The molecule has 3 N–H and O–H groups in total. The molecule has 0 unspecified atom stereocenters. The zero-order chi connectivity index (χ0) is 18.7. The highest BCUT2D eigenvalue weighted by Gasteiger charge is 2.27. The molecule has 6 nitrogen and oxygen atoms in total. The molecular weight excluding hydrogens is 443 g/mol. The van der Waals surface area contributed by atoms with E-state index in [4.69, 9.17) is 4.74 Å². The van der Waals surface area contributed by atoms with Crippen molar-refractivity contribution < 1.29 is 9.53 Å². The van der Waals surface area contributed by atoms with E-state index in [2.05, 4.69) is 27.5 Å². The summed E-state index contributed by atoms with van der Waals surface area (Å²) in [6, 6.07) is 7.82. The number of benzene rings is 1. The van der Waals surface area contributed by atoms with Gasteiger partial charge in [0.05, 0.1) is 5.41 Å². The summed E-state index contributed by atoms with van der Waals surface area (Å²) in [5, 5.41) is 9.30. The summed E-state index contributed by atoms with van der Waals surface area (Å²) in [5.41, 5.74) is 0.494. The Hall–Kier alpha value is -1.77. The average Bonchev–Trinajstić information content (AvgIpc) is 2.61. The van der Waals surface area contributed by atoms with Crippen LogP contribution in [0.2, 0.25) is 0 Å². The van der Waals surface area contributed by atoms with Gasteiger partial charge in [-0.1, -0.05) is 30.9 Å². The molecule has 146 valence electrons. The first-order chi connectivity index (χ1) is 11.9. The van der Waals surface area contributed by atoms with Gasteiger partial charge in [0.2, 0.25) is 5.91 Å². The third-order valence-corrected chi connectivity index (χ3v) is 3.65. The number of nitrogens with one attached hydrogen (secondary N) is 3. The summed E-state index contributed by atoms with van der Waals surface area (Å²) in [6.45, 7) is 11.5. The van der Waals surface area contributed by atoms with Gasteiger partial charge in [0.1, 0.15) is 12.4 Å². The first-order valence-electron chi connectivity index (χ1n) is 8.49. The van der Waals surface area contributed by atoms with Crippen LogP contribution in [0.15, 0.2) is 41.9 Å². The van der Waals surface area contributed by atoms with E-state index in [9.17, 15) is 4.79 Å². The summed E-state index contributed by atoms with van der Waals surface area (Å²) < 4.78 is 5.65. The molecule has 0 bridgehead atoms. The van der Waals surface area contributed by atoms with E-state index in [0.29, 0.717) is 32.2 Å². The molecular formula is C19H31IN4O2. The topological polar surface area (TPSA) is 74.8 Å². The lowest BCUT2D eigenvalue weighted by Crippen LogP contribution is -2.47. The van der Waals surface area contributed by atoms with Crippen molar-refractivity contribution in [3.63, 3.8) is 0 Å². The van der Waals surface area contributed by atoms with Gasteiger partial charge < -0.3 is 20.7 Å². The molecule has 0 atom stereocenters. The number of rotatable bonds is 9. The minimum Gasteiger partial charge on any atom is -0.489 e. The van der Waals surface area contributed by atoms with Crippen molar-refractivity contribution in [1.82, 2.24) is 16.0 Å². The number of nitrogens with zero attached hydrogens (tertiary/aromatic N) is 1. The van der Waals surface area contributed by atoms with E-state index >= 15 is 0 Å². The van der Waals surface area contributed by atoms with E-state index in [0.717, 1.165) is 11.3 Å². The second-order valence-corrected chi connectivity index (χ2v) is 6.23. The van der Waals surface area contributed by atoms with Gasteiger partial charge in [-0.25, -0.2) is 0 Å². The molecule has 0 aromatic heterocycles. The molecule has 0 saturated heterocycles. The maximum Gasteiger partial charge on any atom is 0.227 e. The Morgan fingerprint density at radius 2 is 1.96 bits per heavy atom. The van der Waals surface area contributed by atoms with Gasteiger partial charge in [0, 0.05) is 32.2 Å². The van der Waals surface area contributed by atoms with Crippen molar-refractivity contribution in [2.75, 3.05) is 26.7 Å². The number of hydrogen-bond donors (Lipinski definition) is 3. The fourth-order valence-electron chi connectivity index (χ4n) is 2.12. The predicted octanol–water partition coefficient (Wildman–Crippen LogP) is 2.70. The second-order valence-electron chi connectivity index (χ2n) is 6.23. The Bertz CT molecular complexity index is 603. The van der Waals surface area contributed by atoms with Crippen LogP contribution in [0.1, 0.15) is 26.3 Å². The third kappa shape index (κ3) is 8.07. The lowest BCUT2D eigenvalue weighted by atomic mass is 9.92. The number of halogens is 1. The predicted molar refractivity (Wildman–Crippen MR) is 118 cm³/mol. The number of carbonyl (C=O) groups is 1. The number of para-hydroxylation sites is 1. The van der Waals surface area contributed by atoms with E-state index in [1.165, 1.54) is 0 Å². The molecule has 0 fully saturated rings. The zero-order valence-corrected chi connectivity index (χ0v) is 18.4. The van der Waals surface area contributed by atoms with Crippen molar-refractivity contribution in [3.05, 3.63) is 42.5 Å². The second kappa shape index (κ2) is 12.6. The summed E-state index contributed by atoms with van der Waals surface area (Å²) >= 11 is 0. The standard InChI is InChI=1S/C19H30N4O2.HI/c1-6-12-25-16-11-9-8-10-15(16)13-22-18(20-5)23-14-19(3,4)17(24)21-7-2;/h6,8-11H,1,7,12-14H2,2-5H3,(H,21,24)(H2,20,22,23);1H. The minimum atomic E-state index is -0.529. The normalized spacial score (nSPS) is 11.2. The fraction of sp³-hybridized carbons (Fsp3) is 0.474. The summed E-state index contributed by atoms with van der Waals surface area (Å²) in [6.07, 6.45) is 1.72. The molecule has 0 radical (unpaired) electrons. The maximum absolute atomic E-state index is 12.1. The molecule has 0 aliphatic heterocycles. The van der Waals surface area contributed by atoms with Gasteiger partial charge in [0.15, 0.2) is 5.96 Å². The number of ether oxygens (including phenoxy) is 1. The molecule has 0 aliphatic rings. The van der Waals surface area contributed by atoms with Crippen LogP contribution < -0.4 is 20.7 Å². The van der Waals surface area contributed by atoms with Gasteiger partial charge in [-0.05, 0) is 26.8 Å². The largest absolute Gasteiger partial charge is 0.489 e. The Kier molecular flexibility index (Phi) is 11.7. The molecule has 0 spiro atoms. The highest BCUT2D eigenvalue weighted by molar-refractivity contribution is 14.0. The van der Waals surface area contributed by atoms with Crippen molar-refractivity contribution in [1.29, 1.82) is 0 Å². The first kappa shape index (κ1) is 24.2. The highest BCUT2D eigenvalue weighted by Crippen LogP contribution is 2.17. The number of hydrogen-bond acceptors (Lipinski definition) is 3. The van der Waals surface area contributed by atoms with Crippen LogP contribution in [0.5, 0.6) is 5.75 Å². The van der Waals surface area contributed by atoms with E-state index in [1.54, 1.807) is 13.1 Å². The van der Waals surface area contributed by atoms with Crippen molar-refractivity contribution in [2.45, 2.75) is 27.3 Å². The number of carbonyl (C=O) groups excluding carboxylic acids is 1. The lowest BCUT2D eigenvalue weighted by Gasteiger charge is -2.25.